The molecule has 1 aromatic carbocycles. The summed E-state index contributed by atoms with van der Waals surface area (Å²) in [4.78, 5) is 22.5. The smallest absolute Gasteiger partial charge is 0.415 e. The maximum Gasteiger partial charge on any atom is 0.415 e. The van der Waals surface area contributed by atoms with Crippen LogP contribution < -0.4 is 5.32 Å². The van der Waals surface area contributed by atoms with Crippen LogP contribution in [0.5, 0.6) is 0 Å². The highest BCUT2D eigenvalue weighted by Gasteiger charge is 2.46. The van der Waals surface area contributed by atoms with E-state index in [2.05, 4.69) is 21.2 Å². The van der Waals surface area contributed by atoms with Gasteiger partial charge in [0.25, 0.3) is 5.91 Å². The molecular formula is C10H8BrNO3. The van der Waals surface area contributed by atoms with Gasteiger partial charge in [-0.1, -0.05) is 28.1 Å². The molecule has 1 heterocycles. The van der Waals surface area contributed by atoms with Crippen molar-refractivity contribution in [3.63, 3.8) is 0 Å². The molecule has 0 aromatic heterocycles. The molecule has 2 amide bonds. The normalized spacial score (nSPS) is 24.9. The fraction of sp³-hybridized carbons (Fsp3) is 0.200. The average Bonchev–Trinajstić information content (AvgIpc) is 2.42. The van der Waals surface area contributed by atoms with Crippen molar-refractivity contribution in [3.05, 3.63) is 34.3 Å². The number of benzene rings is 1. The van der Waals surface area contributed by atoms with Crippen molar-refractivity contribution in [2.24, 2.45) is 0 Å². The predicted molar refractivity (Wildman–Crippen MR) is 56.1 cm³/mol. The van der Waals surface area contributed by atoms with Gasteiger partial charge < -0.3 is 4.74 Å². The van der Waals surface area contributed by atoms with Crippen LogP contribution in [0.3, 0.4) is 0 Å². The molecule has 2 rings (SSSR count). The number of amides is 2. The molecule has 0 bridgehead atoms. The minimum Gasteiger partial charge on any atom is -0.428 e. The Morgan fingerprint density at radius 2 is 1.87 bits per heavy atom. The van der Waals surface area contributed by atoms with E-state index in [0.29, 0.717) is 5.56 Å². The maximum atomic E-state index is 11.5. The van der Waals surface area contributed by atoms with Crippen LogP contribution in [0.15, 0.2) is 28.7 Å². The summed E-state index contributed by atoms with van der Waals surface area (Å²) in [5, 5.41) is 2.11. The Kier molecular flexibility index (Phi) is 2.26. The molecule has 0 aliphatic carbocycles. The molecule has 4 nitrogen and oxygen atoms in total. The number of hydrogen-bond acceptors (Lipinski definition) is 3. The van der Waals surface area contributed by atoms with Crippen LogP contribution in [-0.4, -0.2) is 12.0 Å². The minimum atomic E-state index is -1.21. The van der Waals surface area contributed by atoms with E-state index in [4.69, 9.17) is 4.74 Å². The van der Waals surface area contributed by atoms with E-state index in [9.17, 15) is 9.59 Å². The lowest BCUT2D eigenvalue weighted by Crippen LogP contribution is -2.33. The van der Waals surface area contributed by atoms with Gasteiger partial charge in [-0.3, -0.25) is 10.1 Å². The first-order valence-corrected chi connectivity index (χ1v) is 5.12. The molecule has 78 valence electrons. The van der Waals surface area contributed by atoms with E-state index in [1.54, 1.807) is 31.2 Å². The van der Waals surface area contributed by atoms with Gasteiger partial charge in [-0.25, -0.2) is 4.79 Å². The zero-order chi connectivity index (χ0) is 11.1. The number of imide groups is 1. The fourth-order valence-electron chi connectivity index (χ4n) is 1.43. The van der Waals surface area contributed by atoms with E-state index >= 15 is 0 Å². The number of halogens is 1. The lowest BCUT2D eigenvalue weighted by atomic mass is 9.96. The molecule has 0 radical (unpaired) electrons. The second kappa shape index (κ2) is 3.34. The minimum absolute atomic E-state index is 0.435. The summed E-state index contributed by atoms with van der Waals surface area (Å²) in [5.41, 5.74) is -0.563. The molecule has 1 aliphatic rings. The van der Waals surface area contributed by atoms with Crippen LogP contribution >= 0.6 is 15.9 Å². The monoisotopic (exact) mass is 269 g/mol. The quantitative estimate of drug-likeness (QED) is 0.848. The summed E-state index contributed by atoms with van der Waals surface area (Å²) in [6.45, 7) is 1.57. The van der Waals surface area contributed by atoms with Crippen LogP contribution in [0.1, 0.15) is 12.5 Å². The Hall–Kier alpha value is -1.36. The van der Waals surface area contributed by atoms with Gasteiger partial charge in [0, 0.05) is 10.0 Å². The molecule has 0 saturated carbocycles. The molecule has 1 saturated heterocycles. The molecule has 0 spiro atoms. The largest absolute Gasteiger partial charge is 0.428 e. The lowest BCUT2D eigenvalue weighted by molar-refractivity contribution is -0.130. The number of alkyl carbamates (subject to hydrolysis) is 1. The van der Waals surface area contributed by atoms with Crippen molar-refractivity contribution < 1.29 is 14.3 Å². The third-order valence-corrected chi connectivity index (χ3v) is 2.87. The molecular weight excluding hydrogens is 262 g/mol. The molecule has 1 unspecified atom stereocenters. The van der Waals surface area contributed by atoms with Crippen molar-refractivity contribution in [3.8, 4) is 0 Å². The number of nitrogens with one attached hydrogen (secondary N) is 1. The zero-order valence-corrected chi connectivity index (χ0v) is 9.50. The molecule has 1 N–H and O–H groups in total. The summed E-state index contributed by atoms with van der Waals surface area (Å²) in [6.07, 6.45) is -0.703. The van der Waals surface area contributed by atoms with E-state index in [-0.39, 0.29) is 0 Å². The zero-order valence-electron chi connectivity index (χ0n) is 7.91. The van der Waals surface area contributed by atoms with Crippen LogP contribution in [0.2, 0.25) is 0 Å². The van der Waals surface area contributed by atoms with E-state index < -0.39 is 17.6 Å². The SMILES string of the molecule is CC1(c2ccc(Br)cc2)OC(=O)NC1=O. The van der Waals surface area contributed by atoms with Gasteiger partial charge in [-0.15, -0.1) is 0 Å². The number of carbonyl (C=O) groups is 2. The van der Waals surface area contributed by atoms with Crippen LogP contribution in [0.25, 0.3) is 0 Å². The molecule has 15 heavy (non-hydrogen) atoms. The van der Waals surface area contributed by atoms with Crippen molar-refractivity contribution in [1.29, 1.82) is 0 Å². The Bertz CT molecular complexity index is 429. The summed E-state index contributed by atoms with van der Waals surface area (Å²) in [6, 6.07) is 7.06. The van der Waals surface area contributed by atoms with E-state index in [1.165, 1.54) is 0 Å². The van der Waals surface area contributed by atoms with Crippen LogP contribution in [0.4, 0.5) is 4.79 Å². The first-order chi connectivity index (χ1) is 7.02. The first-order valence-electron chi connectivity index (χ1n) is 4.33. The Morgan fingerprint density at radius 3 is 2.33 bits per heavy atom. The summed E-state index contributed by atoms with van der Waals surface area (Å²) in [5.74, 6) is -0.435. The van der Waals surface area contributed by atoms with Gasteiger partial charge in [0.15, 0.2) is 0 Å². The second-order valence-corrected chi connectivity index (χ2v) is 4.30. The first kappa shape index (κ1) is 10.2. The van der Waals surface area contributed by atoms with Crippen molar-refractivity contribution in [2.45, 2.75) is 12.5 Å². The van der Waals surface area contributed by atoms with Gasteiger partial charge in [0.1, 0.15) is 0 Å². The van der Waals surface area contributed by atoms with Gasteiger partial charge in [0.05, 0.1) is 0 Å². The Morgan fingerprint density at radius 1 is 1.27 bits per heavy atom. The van der Waals surface area contributed by atoms with E-state index in [1.807, 2.05) is 0 Å². The van der Waals surface area contributed by atoms with Crippen molar-refractivity contribution >= 4 is 27.9 Å². The summed E-state index contributed by atoms with van der Waals surface area (Å²) >= 11 is 3.29. The maximum absolute atomic E-state index is 11.5. The highest BCUT2D eigenvalue weighted by Crippen LogP contribution is 2.30. The van der Waals surface area contributed by atoms with Crippen LogP contribution in [0, 0.1) is 0 Å². The molecule has 1 aliphatic heterocycles. The van der Waals surface area contributed by atoms with Crippen molar-refractivity contribution in [2.75, 3.05) is 0 Å². The Labute approximate surface area is 94.7 Å². The van der Waals surface area contributed by atoms with Gasteiger partial charge in [-0.2, -0.15) is 0 Å². The highest BCUT2D eigenvalue weighted by molar-refractivity contribution is 9.10. The molecule has 1 atom stereocenters. The number of cyclic esters (lactones) is 1. The molecule has 5 heteroatoms. The molecule has 1 aromatic rings. The predicted octanol–water partition coefficient (Wildman–Crippen LogP) is 1.93. The van der Waals surface area contributed by atoms with Gasteiger partial charge in [0.2, 0.25) is 5.60 Å². The highest BCUT2D eigenvalue weighted by atomic mass is 79.9. The van der Waals surface area contributed by atoms with Gasteiger partial charge in [-0.05, 0) is 19.1 Å². The third-order valence-electron chi connectivity index (χ3n) is 2.34. The van der Waals surface area contributed by atoms with Crippen molar-refractivity contribution in [1.82, 2.24) is 5.32 Å². The fourth-order valence-corrected chi connectivity index (χ4v) is 1.69. The number of carbonyl (C=O) groups excluding carboxylic acids is 2. The summed E-state index contributed by atoms with van der Waals surface area (Å²) < 4.78 is 5.87. The van der Waals surface area contributed by atoms with Gasteiger partial charge >= 0.3 is 6.09 Å². The molecule has 1 fully saturated rings. The third kappa shape index (κ3) is 1.63. The van der Waals surface area contributed by atoms with E-state index in [0.717, 1.165) is 4.47 Å². The number of rotatable bonds is 1. The summed E-state index contributed by atoms with van der Waals surface area (Å²) in [7, 11) is 0. The second-order valence-electron chi connectivity index (χ2n) is 3.38. The Balaban J connectivity index is 2.41. The standard InChI is InChI=1S/C10H8BrNO3/c1-10(8(13)12-9(14)15-10)6-2-4-7(11)5-3-6/h2-5H,1H3,(H,12,13,14). The topological polar surface area (TPSA) is 55.4 Å². The van der Waals surface area contributed by atoms with Crippen LogP contribution in [-0.2, 0) is 15.1 Å². The average molecular weight is 270 g/mol. The number of hydrogen-bond donors (Lipinski definition) is 1. The number of ether oxygens (including phenoxy) is 1. The lowest BCUT2D eigenvalue weighted by Gasteiger charge is -2.19.